The van der Waals surface area contributed by atoms with Gasteiger partial charge < -0.3 is 10.6 Å². The monoisotopic (exact) mass is 504 g/mol. The van der Waals surface area contributed by atoms with Gasteiger partial charge in [0.25, 0.3) is 5.91 Å². The van der Waals surface area contributed by atoms with E-state index in [1.54, 1.807) is 6.20 Å². The summed E-state index contributed by atoms with van der Waals surface area (Å²) < 4.78 is 41.9. The molecule has 5 nitrogen and oxygen atoms in total. The van der Waals surface area contributed by atoms with E-state index in [1.165, 1.54) is 12.1 Å². The van der Waals surface area contributed by atoms with E-state index in [-0.39, 0.29) is 5.56 Å². The Morgan fingerprint density at radius 2 is 1.83 bits per heavy atom. The number of aryl methyl sites for hydroxylation is 1. The Morgan fingerprint density at radius 1 is 1.14 bits per heavy atom. The maximum Gasteiger partial charge on any atom is 0.417 e. The number of aromatic nitrogens is 2. The van der Waals surface area contributed by atoms with Crippen molar-refractivity contribution >= 4 is 17.5 Å². The molecule has 1 saturated carbocycles. The number of carbonyl (C=O) groups is 1. The molecular weight excluding hydrogens is 477 g/mol. The van der Waals surface area contributed by atoms with Crippen molar-refractivity contribution in [2.24, 2.45) is 0 Å². The van der Waals surface area contributed by atoms with Gasteiger partial charge in [0, 0.05) is 23.8 Å². The van der Waals surface area contributed by atoms with E-state index in [0.29, 0.717) is 0 Å². The quantitative estimate of drug-likeness (QED) is 0.400. The number of amides is 1. The van der Waals surface area contributed by atoms with Gasteiger partial charge in [0.1, 0.15) is 0 Å². The van der Waals surface area contributed by atoms with Crippen molar-refractivity contribution in [1.82, 2.24) is 20.4 Å². The molecule has 9 heteroatoms. The van der Waals surface area contributed by atoms with E-state index in [9.17, 15) is 18.0 Å². The molecule has 1 aliphatic rings. The Balaban J connectivity index is 1.68. The van der Waals surface area contributed by atoms with Gasteiger partial charge in [-0.3, -0.25) is 9.48 Å². The number of halogens is 4. The largest absolute Gasteiger partial charge is 0.417 e. The first-order chi connectivity index (χ1) is 16.7. The molecule has 1 heterocycles. The van der Waals surface area contributed by atoms with Crippen LogP contribution in [-0.4, -0.2) is 28.3 Å². The molecule has 0 radical (unpaired) electrons. The maximum atomic E-state index is 13.4. The Kier molecular flexibility index (Phi) is 7.24. The van der Waals surface area contributed by atoms with E-state index in [2.05, 4.69) is 15.7 Å². The second-order valence-corrected chi connectivity index (χ2v) is 9.27. The first kappa shape index (κ1) is 25.3. The molecule has 0 bridgehead atoms. The van der Waals surface area contributed by atoms with Crippen molar-refractivity contribution in [3.05, 3.63) is 76.6 Å². The summed E-state index contributed by atoms with van der Waals surface area (Å²) in [5.74, 6) is -0.638. The predicted molar refractivity (Wildman–Crippen MR) is 130 cm³/mol. The van der Waals surface area contributed by atoms with E-state index in [0.717, 1.165) is 55.0 Å². The predicted octanol–water partition coefficient (Wildman–Crippen LogP) is 6.25. The minimum Gasteiger partial charge on any atom is -0.343 e. The summed E-state index contributed by atoms with van der Waals surface area (Å²) in [6.45, 7) is 2.79. The number of alkyl halides is 3. The number of nitrogens with one attached hydrogen (secondary N) is 2. The number of nitrogens with zero attached hydrogens (tertiary/aromatic N) is 2. The lowest BCUT2D eigenvalue weighted by Crippen LogP contribution is -2.52. The molecule has 0 aliphatic heterocycles. The van der Waals surface area contributed by atoms with E-state index < -0.39 is 34.3 Å². The van der Waals surface area contributed by atoms with Crippen LogP contribution < -0.4 is 10.6 Å². The van der Waals surface area contributed by atoms with Crippen LogP contribution in [0.25, 0.3) is 11.1 Å². The van der Waals surface area contributed by atoms with E-state index in [4.69, 9.17) is 11.6 Å². The highest BCUT2D eigenvalue weighted by molar-refractivity contribution is 6.34. The lowest BCUT2D eigenvalue weighted by Gasteiger charge is -2.38. The third-order valence-corrected chi connectivity index (χ3v) is 7.31. The molecule has 1 aliphatic carbocycles. The molecule has 1 unspecified atom stereocenters. The second kappa shape index (κ2) is 10.0. The lowest BCUT2D eigenvalue weighted by molar-refractivity contribution is -0.137. The minimum absolute atomic E-state index is 0.195. The molecule has 0 spiro atoms. The van der Waals surface area contributed by atoms with Gasteiger partial charge >= 0.3 is 6.18 Å². The molecular formula is C26H28ClF3N4O. The lowest BCUT2D eigenvalue weighted by atomic mass is 9.83. The number of rotatable bonds is 7. The first-order valence-corrected chi connectivity index (χ1v) is 12.0. The molecule has 3 aromatic rings. The fraction of sp³-hybridized carbons (Fsp3) is 0.385. The van der Waals surface area contributed by atoms with Crippen molar-refractivity contribution in [3.8, 4) is 11.1 Å². The van der Waals surface area contributed by atoms with Crippen molar-refractivity contribution in [3.63, 3.8) is 0 Å². The van der Waals surface area contributed by atoms with Gasteiger partial charge in [0.15, 0.2) is 0 Å². The van der Waals surface area contributed by atoms with Crippen LogP contribution in [0.1, 0.15) is 60.1 Å². The fourth-order valence-corrected chi connectivity index (χ4v) is 5.24. The van der Waals surface area contributed by atoms with Crippen LogP contribution in [0.3, 0.4) is 0 Å². The zero-order chi connectivity index (χ0) is 25.2. The van der Waals surface area contributed by atoms with Crippen LogP contribution in [0, 0.1) is 0 Å². The van der Waals surface area contributed by atoms with Crippen LogP contribution in [0.2, 0.25) is 5.02 Å². The summed E-state index contributed by atoms with van der Waals surface area (Å²) >= 11 is 6.04. The summed E-state index contributed by atoms with van der Waals surface area (Å²) in [6.07, 6.45) is 2.77. The van der Waals surface area contributed by atoms with Crippen LogP contribution in [0.15, 0.2) is 54.9 Å². The number of hydrogen-bond acceptors (Lipinski definition) is 3. The Hall–Kier alpha value is -2.84. The van der Waals surface area contributed by atoms with E-state index in [1.807, 2.05) is 49.1 Å². The van der Waals surface area contributed by atoms with Gasteiger partial charge in [-0.1, -0.05) is 54.8 Å². The molecule has 2 N–H and O–H groups in total. The van der Waals surface area contributed by atoms with Crippen LogP contribution in [-0.2, 0) is 12.7 Å². The summed E-state index contributed by atoms with van der Waals surface area (Å²) in [7, 11) is 1.86. The van der Waals surface area contributed by atoms with E-state index >= 15 is 0 Å². The summed E-state index contributed by atoms with van der Waals surface area (Å²) in [5.41, 5.74) is 1.20. The van der Waals surface area contributed by atoms with Gasteiger partial charge in [-0.25, -0.2) is 0 Å². The first-order valence-electron chi connectivity index (χ1n) is 11.7. The van der Waals surface area contributed by atoms with Gasteiger partial charge in [0.2, 0.25) is 0 Å². The Labute approximate surface area is 207 Å². The maximum absolute atomic E-state index is 13.4. The SMILES string of the molecule is CCn1cc(-c2ccc(C(NC(=O)c3cccc(C(F)(F)F)c3Cl)C3(NC)CCCC3)cc2)cn1. The molecule has 4 rings (SSSR count). The van der Waals surface area contributed by atoms with Crippen molar-refractivity contribution < 1.29 is 18.0 Å². The number of carbonyl (C=O) groups excluding carboxylic acids is 1. The van der Waals surface area contributed by atoms with Crippen molar-refractivity contribution in [1.29, 1.82) is 0 Å². The minimum atomic E-state index is -4.65. The molecule has 0 saturated heterocycles. The Morgan fingerprint density at radius 3 is 2.40 bits per heavy atom. The van der Waals surface area contributed by atoms with Gasteiger partial charge in [-0.2, -0.15) is 18.3 Å². The standard InChI is InChI=1S/C26H28ClF3N4O/c1-3-34-16-19(15-32-34)17-9-11-18(12-10-17)23(25(31-2)13-4-5-14-25)33-24(35)20-7-6-8-21(22(20)27)26(28,29)30/h6-12,15-16,23,31H,3-5,13-14H2,1-2H3,(H,33,35). The third-order valence-electron chi connectivity index (χ3n) is 6.91. The highest BCUT2D eigenvalue weighted by atomic mass is 35.5. The summed E-state index contributed by atoms with van der Waals surface area (Å²) in [6, 6.07) is 10.8. The molecule has 1 aromatic heterocycles. The molecule has 35 heavy (non-hydrogen) atoms. The number of likely N-dealkylation sites (N-methyl/N-ethyl adjacent to an activating group) is 1. The molecule has 1 atom stereocenters. The highest BCUT2D eigenvalue weighted by Gasteiger charge is 2.42. The van der Waals surface area contributed by atoms with Gasteiger partial charge in [-0.05, 0) is 50.1 Å². The van der Waals surface area contributed by atoms with Crippen LogP contribution in [0.4, 0.5) is 13.2 Å². The van der Waals surface area contributed by atoms with Crippen molar-refractivity contribution in [2.75, 3.05) is 7.05 Å². The summed E-state index contributed by atoms with van der Waals surface area (Å²) in [5, 5.41) is 10.1. The molecule has 1 fully saturated rings. The van der Waals surface area contributed by atoms with Crippen LogP contribution in [0.5, 0.6) is 0 Å². The fourth-order valence-electron chi connectivity index (χ4n) is 4.92. The smallest absolute Gasteiger partial charge is 0.343 e. The third kappa shape index (κ3) is 5.09. The molecule has 2 aromatic carbocycles. The average Bonchev–Trinajstić information content (AvgIpc) is 3.52. The van der Waals surface area contributed by atoms with Crippen molar-refractivity contribution in [2.45, 2.75) is 56.9 Å². The normalized spacial score (nSPS) is 16.3. The second-order valence-electron chi connectivity index (χ2n) is 8.89. The van der Waals surface area contributed by atoms with Crippen LogP contribution >= 0.6 is 11.6 Å². The topological polar surface area (TPSA) is 59.0 Å². The zero-order valence-corrected chi connectivity index (χ0v) is 20.4. The Bertz CT molecular complexity index is 1180. The zero-order valence-electron chi connectivity index (χ0n) is 19.6. The number of benzene rings is 2. The van der Waals surface area contributed by atoms with Gasteiger partial charge in [0.05, 0.1) is 28.4 Å². The summed E-state index contributed by atoms with van der Waals surface area (Å²) in [4.78, 5) is 13.3. The van der Waals surface area contributed by atoms with Gasteiger partial charge in [-0.15, -0.1) is 0 Å². The number of hydrogen-bond donors (Lipinski definition) is 2. The molecule has 186 valence electrons. The highest BCUT2D eigenvalue weighted by Crippen LogP contribution is 2.41. The average molecular weight is 505 g/mol. The molecule has 1 amide bonds.